The van der Waals surface area contributed by atoms with Crippen molar-refractivity contribution in [3.8, 4) is 0 Å². The molecule has 2 atom stereocenters. The van der Waals surface area contributed by atoms with Gasteiger partial charge in [-0.2, -0.15) is 5.10 Å². The van der Waals surface area contributed by atoms with Crippen LogP contribution in [0.5, 0.6) is 0 Å². The summed E-state index contributed by atoms with van der Waals surface area (Å²) in [6.45, 7) is 7.43. The molecule has 2 rings (SSSR count). The summed E-state index contributed by atoms with van der Waals surface area (Å²) in [5.41, 5.74) is 2.14. The molecule has 0 aromatic carbocycles. The van der Waals surface area contributed by atoms with Crippen LogP contribution in [0, 0.1) is 19.8 Å². The minimum absolute atomic E-state index is 0.0409. The smallest absolute Gasteiger partial charge is 0.242 e. The van der Waals surface area contributed by atoms with Gasteiger partial charge in [0, 0.05) is 25.2 Å². The predicted molar refractivity (Wildman–Crippen MR) is 75.0 cm³/mol. The van der Waals surface area contributed by atoms with E-state index < -0.39 is 0 Å². The van der Waals surface area contributed by atoms with Gasteiger partial charge in [-0.25, -0.2) is 0 Å². The van der Waals surface area contributed by atoms with Gasteiger partial charge in [0.05, 0.1) is 5.69 Å². The highest BCUT2D eigenvalue weighted by Gasteiger charge is 2.27. The Morgan fingerprint density at radius 1 is 1.60 bits per heavy atom. The number of carbonyl (C=O) groups excluding carboxylic acids is 2. The van der Waals surface area contributed by atoms with Crippen molar-refractivity contribution in [3.63, 3.8) is 0 Å². The summed E-state index contributed by atoms with van der Waals surface area (Å²) in [6, 6.07) is 1.68. The lowest BCUT2D eigenvalue weighted by atomic mass is 10.1. The number of carbonyl (C=O) groups is 2. The first kappa shape index (κ1) is 14.6. The molecular formula is C14H22N4O2. The van der Waals surface area contributed by atoms with Crippen LogP contribution in [0.4, 0.5) is 0 Å². The predicted octanol–water partition coefficient (Wildman–Crippen LogP) is 0.531. The Kier molecular flexibility index (Phi) is 4.42. The Morgan fingerprint density at radius 2 is 2.35 bits per heavy atom. The lowest BCUT2D eigenvalue weighted by molar-refractivity contribution is -0.125. The molecule has 0 radical (unpaired) electrons. The van der Waals surface area contributed by atoms with Crippen molar-refractivity contribution in [2.45, 2.75) is 46.2 Å². The number of nitrogens with one attached hydrogen (secondary N) is 2. The van der Waals surface area contributed by atoms with Crippen LogP contribution in [-0.2, 0) is 16.1 Å². The fourth-order valence-corrected chi connectivity index (χ4v) is 2.43. The third-order valence-corrected chi connectivity index (χ3v) is 3.52. The maximum atomic E-state index is 11.9. The average Bonchev–Trinajstić information content (AvgIpc) is 2.93. The molecule has 2 N–H and O–H groups in total. The maximum Gasteiger partial charge on any atom is 0.242 e. The van der Waals surface area contributed by atoms with Crippen LogP contribution < -0.4 is 10.6 Å². The fraction of sp³-hybridized carbons (Fsp3) is 0.643. The van der Waals surface area contributed by atoms with E-state index in [1.807, 2.05) is 24.6 Å². The maximum absolute atomic E-state index is 11.9. The molecule has 2 unspecified atom stereocenters. The molecule has 20 heavy (non-hydrogen) atoms. The van der Waals surface area contributed by atoms with Gasteiger partial charge in [0.1, 0.15) is 6.04 Å². The Hall–Kier alpha value is -1.85. The van der Waals surface area contributed by atoms with E-state index >= 15 is 0 Å². The lowest BCUT2D eigenvalue weighted by Crippen LogP contribution is -2.43. The van der Waals surface area contributed by atoms with Crippen molar-refractivity contribution in [1.82, 2.24) is 20.4 Å². The number of aromatic nitrogens is 2. The summed E-state index contributed by atoms with van der Waals surface area (Å²) in [6.07, 6.45) is 1.04. The van der Waals surface area contributed by atoms with Gasteiger partial charge >= 0.3 is 0 Å². The number of nitrogens with zero attached hydrogens (tertiary/aromatic N) is 2. The van der Waals surface area contributed by atoms with Gasteiger partial charge in [0.25, 0.3) is 0 Å². The van der Waals surface area contributed by atoms with Crippen LogP contribution in [0.15, 0.2) is 6.07 Å². The average molecular weight is 278 g/mol. The number of hydrogen-bond donors (Lipinski definition) is 2. The molecule has 1 saturated heterocycles. The van der Waals surface area contributed by atoms with Crippen LogP contribution in [0.1, 0.15) is 31.2 Å². The van der Waals surface area contributed by atoms with E-state index in [4.69, 9.17) is 0 Å². The zero-order chi connectivity index (χ0) is 14.7. The highest BCUT2D eigenvalue weighted by molar-refractivity contribution is 5.90. The molecule has 0 aliphatic carbocycles. The first-order valence-corrected chi connectivity index (χ1v) is 7.04. The summed E-state index contributed by atoms with van der Waals surface area (Å²) in [7, 11) is 0. The van der Waals surface area contributed by atoms with Gasteiger partial charge in [-0.15, -0.1) is 0 Å². The second-order valence-corrected chi connectivity index (χ2v) is 5.62. The van der Waals surface area contributed by atoms with Gasteiger partial charge in [0.2, 0.25) is 11.8 Å². The van der Waals surface area contributed by atoms with E-state index in [0.29, 0.717) is 19.4 Å². The monoisotopic (exact) mass is 278 g/mol. The molecule has 6 heteroatoms. The Labute approximate surface area is 118 Å². The second-order valence-electron chi connectivity index (χ2n) is 5.62. The Balaban J connectivity index is 1.77. The molecule has 0 bridgehead atoms. The van der Waals surface area contributed by atoms with Gasteiger partial charge in [-0.05, 0) is 32.3 Å². The number of rotatable bonds is 5. The second kappa shape index (κ2) is 6.07. The normalized spacial score (nSPS) is 19.8. The van der Waals surface area contributed by atoms with Crippen LogP contribution >= 0.6 is 0 Å². The zero-order valence-electron chi connectivity index (χ0n) is 12.3. The summed E-state index contributed by atoms with van der Waals surface area (Å²) in [5.74, 6) is 0.158. The quantitative estimate of drug-likeness (QED) is 0.825. The van der Waals surface area contributed by atoms with E-state index in [0.717, 1.165) is 17.9 Å². The molecule has 1 aliphatic rings. The largest absolute Gasteiger partial charge is 0.354 e. The van der Waals surface area contributed by atoms with Crippen molar-refractivity contribution in [2.24, 2.45) is 5.92 Å². The van der Waals surface area contributed by atoms with Crippen LogP contribution in [0.2, 0.25) is 0 Å². The van der Waals surface area contributed by atoms with Gasteiger partial charge in [-0.1, -0.05) is 6.92 Å². The van der Waals surface area contributed by atoms with Gasteiger partial charge in [-0.3, -0.25) is 14.3 Å². The molecule has 6 nitrogen and oxygen atoms in total. The first-order valence-electron chi connectivity index (χ1n) is 7.04. The van der Waals surface area contributed by atoms with Crippen LogP contribution in [0.25, 0.3) is 0 Å². The number of hydrogen-bond acceptors (Lipinski definition) is 3. The number of amides is 2. The van der Waals surface area contributed by atoms with Crippen molar-refractivity contribution < 1.29 is 9.59 Å². The van der Waals surface area contributed by atoms with E-state index in [1.165, 1.54) is 0 Å². The van der Waals surface area contributed by atoms with Gasteiger partial charge < -0.3 is 10.6 Å². The standard InChI is InChI=1S/C14H22N4O2/c1-9(8-18-11(3)6-10(2)17-18)7-15-14(20)12-4-5-13(19)16-12/h6,9,12H,4-5,7-8H2,1-3H3,(H,15,20)(H,16,19). The highest BCUT2D eigenvalue weighted by Crippen LogP contribution is 2.08. The molecule has 2 heterocycles. The summed E-state index contributed by atoms with van der Waals surface area (Å²) in [4.78, 5) is 22.9. The van der Waals surface area contributed by atoms with Crippen molar-refractivity contribution in [1.29, 1.82) is 0 Å². The topological polar surface area (TPSA) is 76.0 Å². The van der Waals surface area contributed by atoms with Crippen molar-refractivity contribution >= 4 is 11.8 Å². The van der Waals surface area contributed by atoms with E-state index in [9.17, 15) is 9.59 Å². The number of aryl methyl sites for hydroxylation is 2. The fourth-order valence-electron chi connectivity index (χ4n) is 2.43. The Morgan fingerprint density at radius 3 is 2.90 bits per heavy atom. The molecule has 0 saturated carbocycles. The van der Waals surface area contributed by atoms with Crippen LogP contribution in [-0.4, -0.2) is 34.2 Å². The first-order chi connectivity index (χ1) is 9.45. The zero-order valence-corrected chi connectivity index (χ0v) is 12.3. The SMILES string of the molecule is Cc1cc(C)n(CC(C)CNC(=O)C2CCC(=O)N2)n1. The van der Waals surface area contributed by atoms with Crippen LogP contribution in [0.3, 0.4) is 0 Å². The lowest BCUT2D eigenvalue weighted by Gasteiger charge is -2.16. The summed E-state index contributed by atoms with van der Waals surface area (Å²) >= 11 is 0. The van der Waals surface area contributed by atoms with E-state index in [1.54, 1.807) is 0 Å². The minimum atomic E-state index is -0.358. The molecule has 1 aliphatic heterocycles. The molecule has 1 aromatic heterocycles. The van der Waals surface area contributed by atoms with E-state index in [2.05, 4.69) is 22.7 Å². The third kappa shape index (κ3) is 3.59. The molecule has 1 fully saturated rings. The highest BCUT2D eigenvalue weighted by atomic mass is 16.2. The molecule has 2 amide bonds. The molecule has 1 aromatic rings. The summed E-state index contributed by atoms with van der Waals surface area (Å²) in [5, 5.41) is 9.98. The molecular weight excluding hydrogens is 256 g/mol. The van der Waals surface area contributed by atoms with Crippen molar-refractivity contribution in [2.75, 3.05) is 6.54 Å². The minimum Gasteiger partial charge on any atom is -0.354 e. The van der Waals surface area contributed by atoms with Crippen molar-refractivity contribution in [3.05, 3.63) is 17.5 Å². The Bertz CT molecular complexity index is 509. The van der Waals surface area contributed by atoms with E-state index in [-0.39, 0.29) is 23.8 Å². The van der Waals surface area contributed by atoms with Gasteiger partial charge in [0.15, 0.2) is 0 Å². The molecule has 0 spiro atoms. The summed E-state index contributed by atoms with van der Waals surface area (Å²) < 4.78 is 1.96. The molecule has 110 valence electrons. The third-order valence-electron chi connectivity index (χ3n) is 3.52.